The van der Waals surface area contributed by atoms with Crippen molar-refractivity contribution in [2.24, 2.45) is 0 Å². The largest absolute Gasteiger partial charge is 0.496 e. The lowest BCUT2D eigenvalue weighted by Gasteiger charge is -2.02. The van der Waals surface area contributed by atoms with Gasteiger partial charge in [0.05, 0.1) is 12.4 Å². The minimum absolute atomic E-state index is 0.0379. The SMILES string of the molecule is COc1ccccc1C=CC(=O)CBr. The molecule has 0 amide bonds. The van der Waals surface area contributed by atoms with Crippen molar-refractivity contribution in [2.45, 2.75) is 0 Å². The van der Waals surface area contributed by atoms with Gasteiger partial charge in [0.2, 0.25) is 0 Å². The zero-order valence-electron chi connectivity index (χ0n) is 7.87. The molecule has 0 N–H and O–H groups in total. The van der Waals surface area contributed by atoms with Crippen molar-refractivity contribution in [3.8, 4) is 5.75 Å². The highest BCUT2D eigenvalue weighted by Gasteiger charge is 1.97. The van der Waals surface area contributed by atoms with Crippen LogP contribution in [-0.2, 0) is 4.79 Å². The van der Waals surface area contributed by atoms with Gasteiger partial charge in [0.1, 0.15) is 5.75 Å². The van der Waals surface area contributed by atoms with Crippen molar-refractivity contribution in [1.29, 1.82) is 0 Å². The molecule has 0 radical (unpaired) electrons. The summed E-state index contributed by atoms with van der Waals surface area (Å²) in [5.74, 6) is 0.807. The van der Waals surface area contributed by atoms with Crippen LogP contribution in [0.1, 0.15) is 5.56 Å². The Kier molecular flexibility index (Phi) is 4.40. The molecular weight excluding hydrogens is 244 g/mol. The number of halogens is 1. The predicted molar refractivity (Wildman–Crippen MR) is 60.8 cm³/mol. The van der Waals surface area contributed by atoms with Gasteiger partial charge in [-0.2, -0.15) is 0 Å². The van der Waals surface area contributed by atoms with E-state index >= 15 is 0 Å². The molecule has 0 spiro atoms. The summed E-state index contributed by atoms with van der Waals surface area (Å²) in [7, 11) is 1.61. The summed E-state index contributed by atoms with van der Waals surface area (Å²) in [5.41, 5.74) is 0.907. The molecule has 0 fully saturated rings. The van der Waals surface area contributed by atoms with Crippen molar-refractivity contribution in [3.05, 3.63) is 35.9 Å². The van der Waals surface area contributed by atoms with Gasteiger partial charge in [-0.25, -0.2) is 0 Å². The molecule has 0 aliphatic carbocycles. The fourth-order valence-electron chi connectivity index (χ4n) is 1.03. The van der Waals surface area contributed by atoms with E-state index in [0.717, 1.165) is 11.3 Å². The number of para-hydroxylation sites is 1. The molecule has 1 aromatic rings. The molecule has 0 aliphatic heterocycles. The Balaban J connectivity index is 2.85. The number of methoxy groups -OCH3 is 1. The highest BCUT2D eigenvalue weighted by molar-refractivity contribution is 9.09. The van der Waals surface area contributed by atoms with Crippen molar-refractivity contribution >= 4 is 27.8 Å². The first-order valence-corrected chi connectivity index (χ1v) is 5.30. The van der Waals surface area contributed by atoms with Crippen LogP contribution in [0.4, 0.5) is 0 Å². The lowest BCUT2D eigenvalue weighted by Crippen LogP contribution is -1.92. The number of rotatable bonds is 4. The summed E-state index contributed by atoms with van der Waals surface area (Å²) in [6.45, 7) is 0. The maximum Gasteiger partial charge on any atom is 0.166 e. The Morgan fingerprint density at radius 2 is 2.21 bits per heavy atom. The van der Waals surface area contributed by atoms with Crippen LogP contribution in [0.25, 0.3) is 6.08 Å². The molecule has 0 heterocycles. The highest BCUT2D eigenvalue weighted by Crippen LogP contribution is 2.18. The van der Waals surface area contributed by atoms with Gasteiger partial charge < -0.3 is 4.74 Å². The maximum absolute atomic E-state index is 11.0. The summed E-state index contributed by atoms with van der Waals surface area (Å²) in [4.78, 5) is 11.0. The number of carbonyl (C=O) groups excluding carboxylic acids is 1. The highest BCUT2D eigenvalue weighted by atomic mass is 79.9. The molecule has 0 saturated carbocycles. The Labute approximate surface area is 91.7 Å². The molecule has 0 atom stereocenters. The molecule has 2 nitrogen and oxygen atoms in total. The summed E-state index contributed by atoms with van der Waals surface area (Å²) >= 11 is 3.09. The van der Waals surface area contributed by atoms with E-state index in [1.807, 2.05) is 24.3 Å². The molecular formula is C11H11BrO2. The van der Waals surface area contributed by atoms with Crippen LogP contribution in [0, 0.1) is 0 Å². The predicted octanol–water partition coefficient (Wildman–Crippen LogP) is 2.67. The number of carbonyl (C=O) groups is 1. The fourth-order valence-corrected chi connectivity index (χ4v) is 1.22. The number of ether oxygens (including phenoxy) is 1. The first-order chi connectivity index (χ1) is 6.77. The van der Waals surface area contributed by atoms with E-state index < -0.39 is 0 Å². The van der Waals surface area contributed by atoms with E-state index in [2.05, 4.69) is 15.9 Å². The van der Waals surface area contributed by atoms with Gasteiger partial charge in [0.15, 0.2) is 5.78 Å². The van der Waals surface area contributed by atoms with E-state index in [0.29, 0.717) is 5.33 Å². The summed E-state index contributed by atoms with van der Waals surface area (Å²) in [6.07, 6.45) is 3.29. The molecule has 1 aromatic carbocycles. The quantitative estimate of drug-likeness (QED) is 0.610. The standard InChI is InChI=1S/C11H11BrO2/c1-14-11-5-3-2-4-9(11)6-7-10(13)8-12/h2-7H,8H2,1H3. The molecule has 0 aromatic heterocycles. The summed E-state index contributed by atoms with van der Waals surface area (Å²) in [6, 6.07) is 7.55. The van der Waals surface area contributed by atoms with Crippen LogP contribution in [0.3, 0.4) is 0 Å². The average Bonchev–Trinajstić information content (AvgIpc) is 2.26. The third-order valence-electron chi connectivity index (χ3n) is 1.72. The Bertz CT molecular complexity index is 345. The number of hydrogen-bond acceptors (Lipinski definition) is 2. The van der Waals surface area contributed by atoms with E-state index in [4.69, 9.17) is 4.74 Å². The Morgan fingerprint density at radius 1 is 1.50 bits per heavy atom. The van der Waals surface area contributed by atoms with Gasteiger partial charge >= 0.3 is 0 Å². The second-order valence-electron chi connectivity index (χ2n) is 2.68. The molecule has 0 unspecified atom stereocenters. The Morgan fingerprint density at radius 3 is 2.86 bits per heavy atom. The minimum atomic E-state index is 0.0379. The number of allylic oxidation sites excluding steroid dienone is 1. The molecule has 0 saturated heterocycles. The topological polar surface area (TPSA) is 26.3 Å². The zero-order chi connectivity index (χ0) is 10.4. The second kappa shape index (κ2) is 5.60. The average molecular weight is 255 g/mol. The lowest BCUT2D eigenvalue weighted by molar-refractivity contribution is -0.112. The Hall–Kier alpha value is -1.09. The van der Waals surface area contributed by atoms with Crippen LogP contribution < -0.4 is 4.74 Å². The molecule has 14 heavy (non-hydrogen) atoms. The molecule has 0 bridgehead atoms. The van der Waals surface area contributed by atoms with Crippen molar-refractivity contribution in [1.82, 2.24) is 0 Å². The lowest BCUT2D eigenvalue weighted by atomic mass is 10.2. The van der Waals surface area contributed by atoms with Gasteiger partial charge in [0, 0.05) is 5.56 Å². The molecule has 3 heteroatoms. The van der Waals surface area contributed by atoms with Gasteiger partial charge in [-0.1, -0.05) is 34.1 Å². The fraction of sp³-hybridized carbons (Fsp3) is 0.182. The van der Waals surface area contributed by atoms with Crippen molar-refractivity contribution in [2.75, 3.05) is 12.4 Å². The molecule has 0 aliphatic rings. The van der Waals surface area contributed by atoms with E-state index in [9.17, 15) is 4.79 Å². The normalized spacial score (nSPS) is 10.4. The minimum Gasteiger partial charge on any atom is -0.496 e. The van der Waals surface area contributed by atoms with Crippen LogP contribution in [0.2, 0.25) is 0 Å². The number of alkyl halides is 1. The number of hydrogen-bond donors (Lipinski definition) is 0. The third kappa shape index (κ3) is 3.00. The summed E-state index contributed by atoms with van der Waals surface area (Å²) < 4.78 is 5.14. The monoisotopic (exact) mass is 254 g/mol. The van der Waals surface area contributed by atoms with Crippen molar-refractivity contribution < 1.29 is 9.53 Å². The maximum atomic E-state index is 11.0. The van der Waals surface area contributed by atoms with Crippen molar-refractivity contribution in [3.63, 3.8) is 0 Å². The second-order valence-corrected chi connectivity index (χ2v) is 3.24. The number of ketones is 1. The molecule has 74 valence electrons. The molecule has 1 rings (SSSR count). The van der Waals surface area contributed by atoms with Gasteiger partial charge in [-0.3, -0.25) is 4.79 Å². The zero-order valence-corrected chi connectivity index (χ0v) is 9.45. The third-order valence-corrected chi connectivity index (χ3v) is 2.27. The first-order valence-electron chi connectivity index (χ1n) is 4.18. The van der Waals surface area contributed by atoms with Gasteiger partial charge in [-0.05, 0) is 18.2 Å². The van der Waals surface area contributed by atoms with E-state index in [-0.39, 0.29) is 5.78 Å². The summed E-state index contributed by atoms with van der Waals surface area (Å²) in [5, 5.41) is 0.346. The van der Waals surface area contributed by atoms with E-state index in [1.54, 1.807) is 13.2 Å². The van der Waals surface area contributed by atoms with Crippen LogP contribution in [0.15, 0.2) is 30.3 Å². The van der Waals surface area contributed by atoms with Crippen LogP contribution in [-0.4, -0.2) is 18.2 Å². The number of benzene rings is 1. The van der Waals surface area contributed by atoms with Crippen LogP contribution >= 0.6 is 15.9 Å². The first kappa shape index (κ1) is 11.0. The van der Waals surface area contributed by atoms with E-state index in [1.165, 1.54) is 6.08 Å². The smallest absolute Gasteiger partial charge is 0.166 e. The van der Waals surface area contributed by atoms with Gasteiger partial charge in [-0.15, -0.1) is 0 Å². The van der Waals surface area contributed by atoms with Crippen LogP contribution in [0.5, 0.6) is 5.75 Å². The van der Waals surface area contributed by atoms with Gasteiger partial charge in [0.25, 0.3) is 0 Å².